The van der Waals surface area contributed by atoms with Crippen molar-refractivity contribution in [1.29, 1.82) is 0 Å². The molecule has 0 aromatic carbocycles. The van der Waals surface area contributed by atoms with Crippen molar-refractivity contribution in [2.24, 2.45) is 0 Å². The fraction of sp³-hybridized carbons (Fsp3) is 0.500. The molecule has 108 valence electrons. The summed E-state index contributed by atoms with van der Waals surface area (Å²) in [5.74, 6) is -1.67. The molecule has 2 rings (SSSR count). The van der Waals surface area contributed by atoms with E-state index in [-0.39, 0.29) is 31.6 Å². The molecule has 3 N–H and O–H groups in total. The van der Waals surface area contributed by atoms with Gasteiger partial charge in [0.05, 0.1) is 13.1 Å². The molecule has 0 saturated carbocycles. The number of hydrogen-bond acceptors (Lipinski definition) is 7. The Morgan fingerprint density at radius 1 is 1.55 bits per heavy atom. The molecule has 1 aromatic rings. The number of carbonyl (C=O) groups is 3. The van der Waals surface area contributed by atoms with Crippen LogP contribution in [0.3, 0.4) is 0 Å². The average molecular weight is 283 g/mol. The topological polar surface area (TPSA) is 138 Å². The van der Waals surface area contributed by atoms with Gasteiger partial charge < -0.3 is 14.8 Å². The van der Waals surface area contributed by atoms with E-state index in [0.717, 1.165) is 0 Å². The number of carboxylic acids is 1. The summed E-state index contributed by atoms with van der Waals surface area (Å²) in [6, 6.07) is -1.01. The molecule has 2 amide bonds. The van der Waals surface area contributed by atoms with Crippen LogP contribution < -0.4 is 10.6 Å². The van der Waals surface area contributed by atoms with Crippen LogP contribution in [-0.2, 0) is 14.4 Å². The zero-order valence-electron chi connectivity index (χ0n) is 10.6. The summed E-state index contributed by atoms with van der Waals surface area (Å²) in [7, 11) is 0. The summed E-state index contributed by atoms with van der Waals surface area (Å²) in [6.45, 7) is 1.11. The molecule has 2 heterocycles. The van der Waals surface area contributed by atoms with Gasteiger partial charge in [-0.05, 0) is 0 Å². The van der Waals surface area contributed by atoms with Crippen molar-refractivity contribution in [1.82, 2.24) is 20.4 Å². The molecule has 10 heteroatoms. The summed E-state index contributed by atoms with van der Waals surface area (Å²) >= 11 is 0. The molecule has 0 bridgehead atoms. The van der Waals surface area contributed by atoms with E-state index < -0.39 is 17.9 Å². The van der Waals surface area contributed by atoms with Gasteiger partial charge in [-0.15, -0.1) is 5.10 Å². The lowest BCUT2D eigenvalue weighted by Gasteiger charge is -2.31. The maximum Gasteiger partial charge on any atom is 0.322 e. The van der Waals surface area contributed by atoms with Gasteiger partial charge in [0.2, 0.25) is 17.7 Å². The van der Waals surface area contributed by atoms with E-state index in [4.69, 9.17) is 9.52 Å². The standard InChI is InChI=1S/C10H13N5O5/c1-5-13-14-10(20-5)12-8(17)4-15-3-7(16)11-2-6(15)9(18)19/h6H,2-4H2,1H3,(H,11,16)(H,18,19)(H,12,14,17). The van der Waals surface area contributed by atoms with Crippen molar-refractivity contribution >= 4 is 23.8 Å². The summed E-state index contributed by atoms with van der Waals surface area (Å²) in [4.78, 5) is 35.3. The second kappa shape index (κ2) is 5.65. The highest BCUT2D eigenvalue weighted by Gasteiger charge is 2.33. The number of amides is 2. The van der Waals surface area contributed by atoms with E-state index in [2.05, 4.69) is 20.8 Å². The molecule has 1 aliphatic rings. The van der Waals surface area contributed by atoms with E-state index in [1.807, 2.05) is 0 Å². The molecule has 1 fully saturated rings. The maximum atomic E-state index is 11.8. The maximum absolute atomic E-state index is 11.8. The van der Waals surface area contributed by atoms with Gasteiger partial charge in [0.1, 0.15) is 6.04 Å². The minimum absolute atomic E-state index is 0.0406. The van der Waals surface area contributed by atoms with Crippen LogP contribution >= 0.6 is 0 Å². The van der Waals surface area contributed by atoms with Gasteiger partial charge in [-0.3, -0.25) is 24.6 Å². The van der Waals surface area contributed by atoms with E-state index in [1.165, 1.54) is 4.90 Å². The molecule has 10 nitrogen and oxygen atoms in total. The van der Waals surface area contributed by atoms with Crippen molar-refractivity contribution in [3.63, 3.8) is 0 Å². The minimum Gasteiger partial charge on any atom is -0.480 e. The van der Waals surface area contributed by atoms with Crippen LogP contribution in [0.4, 0.5) is 6.01 Å². The van der Waals surface area contributed by atoms with E-state index in [0.29, 0.717) is 5.89 Å². The Labute approximate surface area is 113 Å². The summed E-state index contributed by atoms with van der Waals surface area (Å²) in [5.41, 5.74) is 0. The van der Waals surface area contributed by atoms with Gasteiger partial charge >= 0.3 is 12.0 Å². The van der Waals surface area contributed by atoms with Gasteiger partial charge in [-0.1, -0.05) is 5.10 Å². The van der Waals surface area contributed by atoms with Crippen LogP contribution in [0.2, 0.25) is 0 Å². The van der Waals surface area contributed by atoms with Crippen LogP contribution in [0, 0.1) is 6.92 Å². The molecule has 20 heavy (non-hydrogen) atoms. The van der Waals surface area contributed by atoms with Gasteiger partial charge in [-0.25, -0.2) is 0 Å². The zero-order valence-corrected chi connectivity index (χ0v) is 10.6. The fourth-order valence-corrected chi connectivity index (χ4v) is 1.79. The Morgan fingerprint density at radius 2 is 2.30 bits per heavy atom. The number of anilines is 1. The lowest BCUT2D eigenvalue weighted by Crippen LogP contribution is -2.58. The van der Waals surface area contributed by atoms with E-state index >= 15 is 0 Å². The predicted octanol–water partition coefficient (Wildman–Crippen LogP) is -1.80. The van der Waals surface area contributed by atoms with Crippen LogP contribution in [0.15, 0.2) is 4.42 Å². The predicted molar refractivity (Wildman–Crippen MR) is 63.7 cm³/mol. The van der Waals surface area contributed by atoms with E-state index in [9.17, 15) is 14.4 Å². The Morgan fingerprint density at radius 3 is 2.90 bits per heavy atom. The first kappa shape index (κ1) is 13.9. The number of carboxylic acid groups (broad SMARTS) is 1. The largest absolute Gasteiger partial charge is 0.480 e. The number of hydrogen-bond donors (Lipinski definition) is 3. The number of aliphatic carboxylic acids is 1. The molecule has 1 aliphatic heterocycles. The summed E-state index contributed by atoms with van der Waals surface area (Å²) in [5, 5.41) is 20.9. The SMILES string of the molecule is Cc1nnc(NC(=O)CN2CC(=O)NCC2C(=O)O)o1. The smallest absolute Gasteiger partial charge is 0.322 e. The van der Waals surface area contributed by atoms with Crippen LogP contribution in [0.25, 0.3) is 0 Å². The summed E-state index contributed by atoms with van der Waals surface area (Å²) in [6.07, 6.45) is 0. The lowest BCUT2D eigenvalue weighted by atomic mass is 10.2. The van der Waals surface area contributed by atoms with Gasteiger partial charge in [0.25, 0.3) is 0 Å². The third-order valence-electron chi connectivity index (χ3n) is 2.68. The number of rotatable bonds is 4. The quantitative estimate of drug-likeness (QED) is 0.588. The Balaban J connectivity index is 1.97. The third-order valence-corrected chi connectivity index (χ3v) is 2.68. The highest BCUT2D eigenvalue weighted by Crippen LogP contribution is 2.07. The number of aromatic nitrogens is 2. The molecule has 0 radical (unpaired) electrons. The third kappa shape index (κ3) is 3.29. The normalized spacial score (nSPS) is 19.4. The number of carbonyl (C=O) groups excluding carboxylic acids is 2. The fourth-order valence-electron chi connectivity index (χ4n) is 1.79. The molecule has 1 aromatic heterocycles. The van der Waals surface area contributed by atoms with Crippen molar-refractivity contribution in [3.05, 3.63) is 5.89 Å². The number of aryl methyl sites for hydroxylation is 1. The number of nitrogens with one attached hydrogen (secondary N) is 2. The molecule has 0 spiro atoms. The number of piperazine rings is 1. The van der Waals surface area contributed by atoms with Crippen LogP contribution in [-0.4, -0.2) is 63.7 Å². The highest BCUT2D eigenvalue weighted by molar-refractivity contribution is 5.92. The Kier molecular flexibility index (Phi) is 3.94. The molecular formula is C10H13N5O5. The van der Waals surface area contributed by atoms with Gasteiger partial charge in [-0.2, -0.15) is 0 Å². The molecule has 0 aliphatic carbocycles. The van der Waals surface area contributed by atoms with Crippen molar-refractivity contribution in [3.8, 4) is 0 Å². The van der Waals surface area contributed by atoms with E-state index in [1.54, 1.807) is 6.92 Å². The summed E-state index contributed by atoms with van der Waals surface area (Å²) < 4.78 is 4.97. The molecular weight excluding hydrogens is 270 g/mol. The van der Waals surface area contributed by atoms with Crippen molar-refractivity contribution in [2.45, 2.75) is 13.0 Å². The Bertz CT molecular complexity index is 542. The van der Waals surface area contributed by atoms with Crippen molar-refractivity contribution < 1.29 is 23.9 Å². The van der Waals surface area contributed by atoms with Crippen LogP contribution in [0.1, 0.15) is 5.89 Å². The first-order chi connectivity index (χ1) is 9.45. The first-order valence-corrected chi connectivity index (χ1v) is 5.79. The minimum atomic E-state index is -1.11. The van der Waals surface area contributed by atoms with Crippen molar-refractivity contribution in [2.75, 3.05) is 25.0 Å². The second-order valence-corrected chi connectivity index (χ2v) is 4.24. The molecule has 1 atom stereocenters. The zero-order chi connectivity index (χ0) is 14.7. The van der Waals surface area contributed by atoms with Gasteiger partial charge in [0.15, 0.2) is 0 Å². The molecule has 1 saturated heterocycles. The van der Waals surface area contributed by atoms with Crippen LogP contribution in [0.5, 0.6) is 0 Å². The Hall–Kier alpha value is -2.49. The average Bonchev–Trinajstić information content (AvgIpc) is 2.74. The van der Waals surface area contributed by atoms with Gasteiger partial charge in [0, 0.05) is 13.5 Å². The molecule has 1 unspecified atom stereocenters. The highest BCUT2D eigenvalue weighted by atomic mass is 16.4. The lowest BCUT2D eigenvalue weighted by molar-refractivity contribution is -0.146. The first-order valence-electron chi connectivity index (χ1n) is 5.79. The second-order valence-electron chi connectivity index (χ2n) is 4.24. The monoisotopic (exact) mass is 283 g/mol. The number of nitrogens with zero attached hydrogens (tertiary/aromatic N) is 3.